The molecule has 7 heteroatoms. The molecule has 0 saturated carbocycles. The van der Waals surface area contributed by atoms with Gasteiger partial charge >= 0.3 is 0 Å². The third-order valence-electron chi connectivity index (χ3n) is 4.69. The van der Waals surface area contributed by atoms with Gasteiger partial charge in [-0.05, 0) is 49.3 Å². The number of anilines is 1. The maximum Gasteiger partial charge on any atom is 0.249 e. The molecule has 0 bridgehead atoms. The van der Waals surface area contributed by atoms with Crippen LogP contribution in [0.3, 0.4) is 0 Å². The predicted octanol–water partition coefficient (Wildman–Crippen LogP) is 1.88. The Morgan fingerprint density at radius 2 is 2.04 bits per heavy atom. The molecule has 0 aliphatic carbocycles. The first-order valence-electron chi connectivity index (χ1n) is 8.51. The van der Waals surface area contributed by atoms with Crippen molar-refractivity contribution in [2.75, 3.05) is 25.1 Å². The number of likely N-dealkylation sites (tertiary alicyclic amines) is 1. The molecule has 1 aromatic rings. The number of nitrogens with two attached hydrogens (primary N) is 1. The molecular formula is C18H24FN3O3. The zero-order valence-corrected chi connectivity index (χ0v) is 14.2. The van der Waals surface area contributed by atoms with Crippen LogP contribution in [0.5, 0.6) is 0 Å². The monoisotopic (exact) mass is 349 g/mol. The van der Waals surface area contributed by atoms with Crippen molar-refractivity contribution in [3.63, 3.8) is 0 Å². The molecule has 1 aliphatic rings. The first kappa shape index (κ1) is 18.9. The zero-order valence-electron chi connectivity index (χ0n) is 14.2. The number of rotatable bonds is 8. The van der Waals surface area contributed by atoms with E-state index < -0.39 is 5.91 Å². The highest BCUT2D eigenvalue weighted by Crippen LogP contribution is 2.22. The number of halogens is 1. The number of piperidine rings is 1. The molecule has 0 radical (unpaired) electrons. The largest absolute Gasteiger partial charge is 0.366 e. The van der Waals surface area contributed by atoms with Gasteiger partial charge in [0.25, 0.3) is 0 Å². The van der Waals surface area contributed by atoms with Gasteiger partial charge in [-0.1, -0.05) is 6.07 Å². The Morgan fingerprint density at radius 1 is 1.32 bits per heavy atom. The summed E-state index contributed by atoms with van der Waals surface area (Å²) in [6.45, 7) is 1.02. The third-order valence-corrected chi connectivity index (χ3v) is 4.69. The number of benzene rings is 1. The van der Waals surface area contributed by atoms with E-state index in [0.29, 0.717) is 55.1 Å². The number of alkyl halides is 1. The fourth-order valence-corrected chi connectivity index (χ4v) is 3.21. The van der Waals surface area contributed by atoms with Crippen LogP contribution in [-0.2, 0) is 16.0 Å². The normalized spacial score (nSPS) is 15.0. The minimum Gasteiger partial charge on any atom is -0.366 e. The number of primary amides is 1. The Labute approximate surface area is 146 Å². The van der Waals surface area contributed by atoms with Crippen LogP contribution in [-0.4, -0.2) is 42.9 Å². The van der Waals surface area contributed by atoms with E-state index in [4.69, 9.17) is 5.73 Å². The summed E-state index contributed by atoms with van der Waals surface area (Å²) in [6, 6.07) is 4.88. The van der Waals surface area contributed by atoms with Gasteiger partial charge in [0.05, 0.1) is 6.67 Å². The van der Waals surface area contributed by atoms with Gasteiger partial charge in [-0.2, -0.15) is 0 Å². The second-order valence-electron chi connectivity index (χ2n) is 6.30. The Morgan fingerprint density at radius 3 is 2.64 bits per heavy atom. The average molecular weight is 349 g/mol. The highest BCUT2D eigenvalue weighted by Gasteiger charge is 2.22. The molecule has 25 heavy (non-hydrogen) atoms. The lowest BCUT2D eigenvalue weighted by Gasteiger charge is -2.31. The van der Waals surface area contributed by atoms with E-state index in [1.807, 2.05) is 0 Å². The maximum atomic E-state index is 12.4. The molecule has 1 saturated heterocycles. The van der Waals surface area contributed by atoms with Gasteiger partial charge in [0.15, 0.2) is 0 Å². The van der Waals surface area contributed by atoms with Crippen molar-refractivity contribution >= 4 is 23.9 Å². The Kier molecular flexibility index (Phi) is 6.91. The number of carbonyl (C=O) groups excluding carboxylic acids is 3. The van der Waals surface area contributed by atoms with E-state index in [-0.39, 0.29) is 19.0 Å². The molecule has 0 atom stereocenters. The molecule has 1 fully saturated rings. The van der Waals surface area contributed by atoms with Crippen LogP contribution in [0.25, 0.3) is 0 Å². The molecule has 2 rings (SSSR count). The van der Waals surface area contributed by atoms with E-state index in [1.54, 1.807) is 17.0 Å². The molecule has 3 N–H and O–H groups in total. The van der Waals surface area contributed by atoms with E-state index >= 15 is 0 Å². The molecular weight excluding hydrogens is 325 g/mol. The van der Waals surface area contributed by atoms with Crippen molar-refractivity contribution in [1.29, 1.82) is 0 Å². The fraction of sp³-hybridized carbons (Fsp3) is 0.500. The lowest BCUT2D eigenvalue weighted by molar-refractivity contribution is -0.132. The number of nitrogens with one attached hydrogen (secondary N) is 1. The van der Waals surface area contributed by atoms with Gasteiger partial charge in [-0.25, -0.2) is 0 Å². The van der Waals surface area contributed by atoms with Crippen LogP contribution in [0.1, 0.15) is 41.6 Å². The summed E-state index contributed by atoms with van der Waals surface area (Å²) in [5, 5.41) is 2.47. The number of aryl methyl sites for hydroxylation is 1. The van der Waals surface area contributed by atoms with Crippen LogP contribution >= 0.6 is 0 Å². The molecule has 0 unspecified atom stereocenters. The minimum absolute atomic E-state index is 0.0317. The first-order valence-corrected chi connectivity index (χ1v) is 8.51. The third kappa shape index (κ3) is 5.27. The smallest absolute Gasteiger partial charge is 0.249 e. The number of carbonyl (C=O) groups is 3. The highest BCUT2D eigenvalue weighted by atomic mass is 19.1. The van der Waals surface area contributed by atoms with E-state index in [2.05, 4.69) is 5.32 Å². The van der Waals surface area contributed by atoms with Gasteiger partial charge < -0.3 is 16.0 Å². The first-order chi connectivity index (χ1) is 12.0. The van der Waals surface area contributed by atoms with Crippen LogP contribution < -0.4 is 11.1 Å². The van der Waals surface area contributed by atoms with Crippen LogP contribution in [0.4, 0.5) is 10.1 Å². The van der Waals surface area contributed by atoms with Crippen molar-refractivity contribution in [2.45, 2.75) is 32.1 Å². The lowest BCUT2D eigenvalue weighted by atomic mass is 9.93. The van der Waals surface area contributed by atoms with Crippen molar-refractivity contribution in [1.82, 2.24) is 4.90 Å². The van der Waals surface area contributed by atoms with E-state index in [9.17, 15) is 18.8 Å². The van der Waals surface area contributed by atoms with Crippen LogP contribution in [0.15, 0.2) is 18.2 Å². The van der Waals surface area contributed by atoms with Crippen LogP contribution in [0.2, 0.25) is 0 Å². The number of amides is 3. The van der Waals surface area contributed by atoms with Crippen molar-refractivity contribution in [3.8, 4) is 0 Å². The fourth-order valence-electron chi connectivity index (χ4n) is 3.21. The second kappa shape index (κ2) is 9.15. The molecule has 1 heterocycles. The molecule has 1 aromatic carbocycles. The Hall–Kier alpha value is -2.44. The summed E-state index contributed by atoms with van der Waals surface area (Å²) in [5.74, 6) is -0.193. The standard InChI is InChI=1S/C18H24FN3O3/c19-8-5-13-6-9-22(10-7-13)17(24)4-2-14-1-3-15(21-12-23)11-16(14)18(20)25/h1,3,11-13H,2,4-10H2,(H2,20,25)(H,21,23). The van der Waals surface area contributed by atoms with Gasteiger partial charge in [0, 0.05) is 30.8 Å². The summed E-state index contributed by atoms with van der Waals surface area (Å²) in [7, 11) is 0. The summed E-state index contributed by atoms with van der Waals surface area (Å²) >= 11 is 0. The number of hydrogen-bond acceptors (Lipinski definition) is 3. The molecule has 6 nitrogen and oxygen atoms in total. The zero-order chi connectivity index (χ0) is 18.2. The van der Waals surface area contributed by atoms with Gasteiger partial charge in [-0.3, -0.25) is 18.8 Å². The van der Waals surface area contributed by atoms with E-state index in [1.165, 1.54) is 6.07 Å². The minimum atomic E-state index is -0.593. The molecule has 3 amide bonds. The SMILES string of the molecule is NC(=O)c1cc(NC=O)ccc1CCC(=O)N1CCC(CCF)CC1. The second-order valence-corrected chi connectivity index (χ2v) is 6.30. The highest BCUT2D eigenvalue weighted by molar-refractivity contribution is 5.96. The quantitative estimate of drug-likeness (QED) is 0.702. The van der Waals surface area contributed by atoms with Gasteiger partial charge in [-0.15, -0.1) is 0 Å². The summed E-state index contributed by atoms with van der Waals surface area (Å²) in [5.41, 5.74) is 6.86. The molecule has 1 aliphatic heterocycles. The maximum absolute atomic E-state index is 12.4. The van der Waals surface area contributed by atoms with Crippen molar-refractivity contribution in [2.24, 2.45) is 11.7 Å². The van der Waals surface area contributed by atoms with E-state index in [0.717, 1.165) is 12.8 Å². The number of hydrogen-bond donors (Lipinski definition) is 2. The molecule has 136 valence electrons. The number of nitrogens with zero attached hydrogens (tertiary/aromatic N) is 1. The van der Waals surface area contributed by atoms with Crippen LogP contribution in [0, 0.1) is 5.92 Å². The Balaban J connectivity index is 1.93. The molecule has 0 spiro atoms. The Bertz CT molecular complexity index is 628. The van der Waals surface area contributed by atoms with Crippen molar-refractivity contribution in [3.05, 3.63) is 29.3 Å². The van der Waals surface area contributed by atoms with Crippen molar-refractivity contribution < 1.29 is 18.8 Å². The summed E-state index contributed by atoms with van der Waals surface area (Å²) in [6.07, 6.45) is 3.47. The summed E-state index contributed by atoms with van der Waals surface area (Å²) in [4.78, 5) is 36.3. The van der Waals surface area contributed by atoms with Gasteiger partial charge in [0.1, 0.15) is 0 Å². The lowest BCUT2D eigenvalue weighted by Crippen LogP contribution is -2.38. The predicted molar refractivity (Wildman–Crippen MR) is 92.9 cm³/mol. The average Bonchev–Trinajstić information content (AvgIpc) is 2.61. The summed E-state index contributed by atoms with van der Waals surface area (Å²) < 4.78 is 12.4. The van der Waals surface area contributed by atoms with Gasteiger partial charge in [0.2, 0.25) is 18.2 Å². The topological polar surface area (TPSA) is 92.5 Å². The molecule has 0 aromatic heterocycles.